The predicted molar refractivity (Wildman–Crippen MR) is 55.8 cm³/mol. The second-order valence-electron chi connectivity index (χ2n) is 5.29. The minimum absolute atomic E-state index is 0.522. The fourth-order valence-electron chi connectivity index (χ4n) is 2.48. The van der Waals surface area contributed by atoms with Gasteiger partial charge in [-0.3, -0.25) is 4.90 Å². The van der Waals surface area contributed by atoms with Crippen LogP contribution >= 0.6 is 0 Å². The first-order chi connectivity index (χ1) is 6.12. The van der Waals surface area contributed by atoms with Gasteiger partial charge in [-0.25, -0.2) is 0 Å². The average Bonchev–Trinajstić information content (AvgIpc) is 2.42. The molecule has 2 saturated heterocycles. The Kier molecular flexibility index (Phi) is 2.37. The predicted octanol–water partition coefficient (Wildman–Crippen LogP) is 1.33. The Morgan fingerprint density at radius 1 is 1.46 bits per heavy atom. The molecule has 0 aliphatic carbocycles. The van der Waals surface area contributed by atoms with Crippen LogP contribution in [-0.4, -0.2) is 37.1 Å². The lowest BCUT2D eigenvalue weighted by atomic mass is 9.79. The quantitative estimate of drug-likeness (QED) is 0.693. The highest BCUT2D eigenvalue weighted by molar-refractivity contribution is 4.94. The molecule has 2 rings (SSSR count). The van der Waals surface area contributed by atoms with E-state index in [2.05, 4.69) is 31.0 Å². The zero-order valence-electron chi connectivity index (χ0n) is 9.14. The third kappa shape index (κ3) is 1.62. The third-order valence-electron chi connectivity index (χ3n) is 4.19. The van der Waals surface area contributed by atoms with Gasteiger partial charge >= 0.3 is 0 Å². The van der Waals surface area contributed by atoms with Crippen LogP contribution in [0.15, 0.2) is 0 Å². The van der Waals surface area contributed by atoms with Crippen LogP contribution in [0.4, 0.5) is 0 Å². The van der Waals surface area contributed by atoms with Crippen molar-refractivity contribution in [2.24, 2.45) is 11.3 Å². The van der Waals surface area contributed by atoms with Crippen molar-refractivity contribution >= 4 is 0 Å². The minimum atomic E-state index is 0.522. The highest BCUT2D eigenvalue weighted by Gasteiger charge is 2.39. The average molecular weight is 182 g/mol. The van der Waals surface area contributed by atoms with E-state index in [-0.39, 0.29) is 0 Å². The van der Waals surface area contributed by atoms with Crippen LogP contribution in [0.3, 0.4) is 0 Å². The number of nitrogens with zero attached hydrogens (tertiary/aromatic N) is 1. The Morgan fingerprint density at radius 3 is 2.62 bits per heavy atom. The van der Waals surface area contributed by atoms with Gasteiger partial charge in [-0.15, -0.1) is 0 Å². The summed E-state index contributed by atoms with van der Waals surface area (Å²) in [6, 6.07) is 0.838. The van der Waals surface area contributed by atoms with Gasteiger partial charge in [0.15, 0.2) is 0 Å². The summed E-state index contributed by atoms with van der Waals surface area (Å²) in [4.78, 5) is 2.63. The first-order valence-corrected chi connectivity index (χ1v) is 5.56. The molecule has 0 saturated carbocycles. The van der Waals surface area contributed by atoms with E-state index in [4.69, 9.17) is 0 Å². The van der Waals surface area contributed by atoms with Gasteiger partial charge in [0.1, 0.15) is 0 Å². The smallest absolute Gasteiger partial charge is 0.00793 e. The van der Waals surface area contributed by atoms with Crippen molar-refractivity contribution in [1.29, 1.82) is 0 Å². The lowest BCUT2D eigenvalue weighted by Crippen LogP contribution is -2.51. The molecule has 2 aliphatic heterocycles. The molecule has 0 aromatic carbocycles. The summed E-state index contributed by atoms with van der Waals surface area (Å²) in [6.07, 6.45) is 1.40. The van der Waals surface area contributed by atoms with Gasteiger partial charge in [-0.1, -0.05) is 13.8 Å². The lowest BCUT2D eigenvalue weighted by molar-refractivity contribution is 0.0451. The van der Waals surface area contributed by atoms with Crippen molar-refractivity contribution in [2.45, 2.75) is 33.2 Å². The lowest BCUT2D eigenvalue weighted by Gasteiger charge is -2.44. The molecule has 76 valence electrons. The van der Waals surface area contributed by atoms with Crippen LogP contribution in [-0.2, 0) is 0 Å². The van der Waals surface area contributed by atoms with Gasteiger partial charge in [-0.05, 0) is 37.8 Å². The Morgan fingerprint density at radius 2 is 2.23 bits per heavy atom. The highest BCUT2D eigenvalue weighted by Crippen LogP contribution is 2.34. The SMILES string of the molecule is CC1CCN1CC1(C)CNCC1C. The molecule has 0 aromatic rings. The van der Waals surface area contributed by atoms with Crippen LogP contribution in [0.5, 0.6) is 0 Å². The van der Waals surface area contributed by atoms with Crippen LogP contribution in [0, 0.1) is 11.3 Å². The van der Waals surface area contributed by atoms with Gasteiger partial charge in [0.05, 0.1) is 0 Å². The van der Waals surface area contributed by atoms with Crippen molar-refractivity contribution in [2.75, 3.05) is 26.2 Å². The van der Waals surface area contributed by atoms with E-state index in [1.54, 1.807) is 0 Å². The maximum atomic E-state index is 3.50. The van der Waals surface area contributed by atoms with Crippen molar-refractivity contribution in [3.05, 3.63) is 0 Å². The fourth-order valence-corrected chi connectivity index (χ4v) is 2.48. The molecule has 3 atom stereocenters. The number of hydrogen-bond donors (Lipinski definition) is 1. The van der Waals surface area contributed by atoms with Crippen molar-refractivity contribution < 1.29 is 0 Å². The topological polar surface area (TPSA) is 15.3 Å². The van der Waals surface area contributed by atoms with Gasteiger partial charge < -0.3 is 5.32 Å². The molecule has 2 fully saturated rings. The summed E-state index contributed by atoms with van der Waals surface area (Å²) < 4.78 is 0. The monoisotopic (exact) mass is 182 g/mol. The second-order valence-corrected chi connectivity index (χ2v) is 5.29. The van der Waals surface area contributed by atoms with E-state index in [0.717, 1.165) is 12.0 Å². The van der Waals surface area contributed by atoms with E-state index in [1.165, 1.54) is 32.6 Å². The molecule has 0 spiro atoms. The van der Waals surface area contributed by atoms with Gasteiger partial charge in [0, 0.05) is 19.1 Å². The fraction of sp³-hybridized carbons (Fsp3) is 1.00. The molecule has 2 aliphatic rings. The molecule has 0 radical (unpaired) electrons. The van der Waals surface area contributed by atoms with E-state index in [0.29, 0.717) is 5.41 Å². The number of nitrogens with one attached hydrogen (secondary N) is 1. The Balaban J connectivity index is 1.92. The molecular weight excluding hydrogens is 160 g/mol. The number of likely N-dealkylation sites (tertiary alicyclic amines) is 1. The molecule has 13 heavy (non-hydrogen) atoms. The molecule has 3 unspecified atom stereocenters. The Hall–Kier alpha value is -0.0800. The molecule has 2 nitrogen and oxygen atoms in total. The molecule has 2 heterocycles. The van der Waals surface area contributed by atoms with E-state index in [9.17, 15) is 0 Å². The Labute approximate surface area is 81.7 Å². The Bertz CT molecular complexity index is 193. The molecule has 2 heteroatoms. The molecular formula is C11H22N2. The van der Waals surface area contributed by atoms with Crippen LogP contribution in [0.25, 0.3) is 0 Å². The normalized spacial score (nSPS) is 46.4. The molecule has 0 amide bonds. The second kappa shape index (κ2) is 3.25. The van der Waals surface area contributed by atoms with Gasteiger partial charge in [0.25, 0.3) is 0 Å². The third-order valence-corrected chi connectivity index (χ3v) is 4.19. The van der Waals surface area contributed by atoms with Crippen LogP contribution in [0.1, 0.15) is 27.2 Å². The van der Waals surface area contributed by atoms with Gasteiger partial charge in [-0.2, -0.15) is 0 Å². The number of hydrogen-bond acceptors (Lipinski definition) is 2. The van der Waals surface area contributed by atoms with Crippen LogP contribution < -0.4 is 5.32 Å². The van der Waals surface area contributed by atoms with E-state index < -0.39 is 0 Å². The maximum Gasteiger partial charge on any atom is 0.00793 e. The summed E-state index contributed by atoms with van der Waals surface area (Å²) in [5.41, 5.74) is 0.522. The van der Waals surface area contributed by atoms with Crippen molar-refractivity contribution in [3.8, 4) is 0 Å². The molecule has 1 N–H and O–H groups in total. The van der Waals surface area contributed by atoms with Crippen molar-refractivity contribution in [3.63, 3.8) is 0 Å². The number of rotatable bonds is 2. The van der Waals surface area contributed by atoms with Gasteiger partial charge in [0.2, 0.25) is 0 Å². The summed E-state index contributed by atoms with van der Waals surface area (Å²) in [5.74, 6) is 0.834. The van der Waals surface area contributed by atoms with Crippen molar-refractivity contribution in [1.82, 2.24) is 10.2 Å². The maximum absolute atomic E-state index is 3.50. The summed E-state index contributed by atoms with van der Waals surface area (Å²) in [7, 11) is 0. The largest absolute Gasteiger partial charge is 0.316 e. The first kappa shape index (κ1) is 9.47. The first-order valence-electron chi connectivity index (χ1n) is 5.56. The zero-order valence-corrected chi connectivity index (χ0v) is 9.14. The molecule has 0 bridgehead atoms. The van der Waals surface area contributed by atoms with E-state index >= 15 is 0 Å². The van der Waals surface area contributed by atoms with Crippen LogP contribution in [0.2, 0.25) is 0 Å². The summed E-state index contributed by atoms with van der Waals surface area (Å²) in [5, 5.41) is 3.50. The summed E-state index contributed by atoms with van der Waals surface area (Å²) in [6.45, 7) is 12.2. The standard InChI is InChI=1S/C11H22N2/c1-9-6-12-7-11(9,3)8-13-5-4-10(13)2/h9-10,12H,4-8H2,1-3H3. The minimum Gasteiger partial charge on any atom is -0.316 e. The molecule has 0 aromatic heterocycles. The van der Waals surface area contributed by atoms with E-state index in [1.807, 2.05) is 0 Å². The zero-order chi connectivity index (χ0) is 9.47. The highest BCUT2D eigenvalue weighted by atomic mass is 15.2. The summed E-state index contributed by atoms with van der Waals surface area (Å²) >= 11 is 0.